The first-order chi connectivity index (χ1) is 17.1. The number of morpholine rings is 1. The normalized spacial score (nSPS) is 17.6. The van der Waals surface area contributed by atoms with E-state index >= 15 is 0 Å². The van der Waals surface area contributed by atoms with Crippen LogP contribution in [0.5, 0.6) is 0 Å². The van der Waals surface area contributed by atoms with Crippen molar-refractivity contribution in [3.8, 4) is 5.69 Å². The third kappa shape index (κ3) is 4.45. The first-order valence-electron chi connectivity index (χ1n) is 11.4. The molecule has 1 saturated heterocycles. The zero-order valence-electron chi connectivity index (χ0n) is 19.9. The number of nitrogens with one attached hydrogen (secondary N) is 1. The number of carbonyl (C=O) groups is 1. The molecule has 1 aromatic heterocycles. The van der Waals surface area contributed by atoms with Crippen LogP contribution in [-0.2, 0) is 36.1 Å². The van der Waals surface area contributed by atoms with Gasteiger partial charge in [-0.2, -0.15) is 9.40 Å². The number of aromatic nitrogens is 2. The number of hydrogen-bond acceptors (Lipinski definition) is 7. The Morgan fingerprint density at radius 1 is 1.03 bits per heavy atom. The maximum Gasteiger partial charge on any atom is 0.256 e. The summed E-state index contributed by atoms with van der Waals surface area (Å²) in [7, 11) is -7.03. The Bertz CT molecular complexity index is 1550. The minimum atomic E-state index is -3.69. The van der Waals surface area contributed by atoms with Crippen LogP contribution in [0.3, 0.4) is 0 Å². The van der Waals surface area contributed by atoms with Crippen LogP contribution in [0.15, 0.2) is 47.4 Å². The summed E-state index contributed by atoms with van der Waals surface area (Å²) in [6, 6.07) is 11.4. The lowest BCUT2D eigenvalue weighted by atomic mass is 10.1. The number of anilines is 1. The predicted molar refractivity (Wildman–Crippen MR) is 133 cm³/mol. The Kier molecular flexibility index (Phi) is 6.23. The standard InChI is InChI=1S/C24H26N4O6S2/c1-16-4-3-5-22(17(16)2)28-23(20-14-35(30,31)15-21(20)26-28)25-24(29)18-6-8-19(9-7-18)36(32,33)27-10-12-34-13-11-27/h3-9H,10-15H2,1-2H3,(H,25,29). The van der Waals surface area contributed by atoms with Crippen LogP contribution < -0.4 is 5.32 Å². The largest absolute Gasteiger partial charge is 0.379 e. The van der Waals surface area contributed by atoms with E-state index in [-0.39, 0.29) is 35.1 Å². The van der Waals surface area contributed by atoms with Gasteiger partial charge in [-0.05, 0) is 55.3 Å². The molecule has 0 radical (unpaired) electrons. The van der Waals surface area contributed by atoms with Crippen LogP contribution in [0.2, 0.25) is 0 Å². The first kappa shape index (κ1) is 24.6. The highest BCUT2D eigenvalue weighted by Gasteiger charge is 2.34. The lowest BCUT2D eigenvalue weighted by Gasteiger charge is -2.26. The van der Waals surface area contributed by atoms with Gasteiger partial charge in [0.25, 0.3) is 5.91 Å². The Morgan fingerprint density at radius 3 is 2.42 bits per heavy atom. The smallest absolute Gasteiger partial charge is 0.256 e. The number of nitrogens with zero attached hydrogens (tertiary/aromatic N) is 3. The molecule has 190 valence electrons. The van der Waals surface area contributed by atoms with Crippen LogP contribution in [0.4, 0.5) is 5.82 Å². The van der Waals surface area contributed by atoms with E-state index in [0.29, 0.717) is 30.3 Å². The van der Waals surface area contributed by atoms with Gasteiger partial charge >= 0.3 is 0 Å². The second kappa shape index (κ2) is 9.11. The summed E-state index contributed by atoms with van der Waals surface area (Å²) < 4.78 is 58.4. The Balaban J connectivity index is 1.46. The van der Waals surface area contributed by atoms with Crippen LogP contribution in [-0.4, -0.2) is 63.1 Å². The molecule has 12 heteroatoms. The first-order valence-corrected chi connectivity index (χ1v) is 14.7. The van der Waals surface area contributed by atoms with Gasteiger partial charge in [0.1, 0.15) is 5.82 Å². The molecule has 2 aliphatic heterocycles. The quantitative estimate of drug-likeness (QED) is 0.536. The fourth-order valence-electron chi connectivity index (χ4n) is 4.40. The molecule has 1 amide bonds. The van der Waals surface area contributed by atoms with Crippen molar-refractivity contribution in [3.63, 3.8) is 0 Å². The highest BCUT2D eigenvalue weighted by molar-refractivity contribution is 7.90. The minimum Gasteiger partial charge on any atom is -0.379 e. The van der Waals surface area contributed by atoms with Crippen molar-refractivity contribution in [2.45, 2.75) is 30.2 Å². The van der Waals surface area contributed by atoms with Crippen molar-refractivity contribution in [1.82, 2.24) is 14.1 Å². The van der Waals surface area contributed by atoms with E-state index in [1.165, 1.54) is 28.6 Å². The molecule has 0 spiro atoms. The number of rotatable bonds is 5. The number of ether oxygens (including phenoxy) is 1. The number of sulfone groups is 1. The fraction of sp³-hybridized carbons (Fsp3) is 0.333. The molecule has 3 heterocycles. The Morgan fingerprint density at radius 2 is 1.72 bits per heavy atom. The molecule has 0 unspecified atom stereocenters. The van der Waals surface area contributed by atoms with Crippen molar-refractivity contribution in [2.24, 2.45) is 0 Å². The third-order valence-electron chi connectivity index (χ3n) is 6.55. The summed E-state index contributed by atoms with van der Waals surface area (Å²) in [5.74, 6) is -0.588. The van der Waals surface area contributed by atoms with Crippen molar-refractivity contribution >= 4 is 31.6 Å². The van der Waals surface area contributed by atoms with Crippen LogP contribution in [0.1, 0.15) is 32.7 Å². The zero-order chi connectivity index (χ0) is 25.7. The molecule has 1 N–H and O–H groups in total. The van der Waals surface area contributed by atoms with Gasteiger partial charge in [0.15, 0.2) is 9.84 Å². The third-order valence-corrected chi connectivity index (χ3v) is 9.90. The highest BCUT2D eigenvalue weighted by atomic mass is 32.2. The topological polar surface area (TPSA) is 128 Å². The molecule has 0 saturated carbocycles. The number of sulfonamides is 1. The molecule has 0 atom stereocenters. The van der Waals surface area contributed by atoms with E-state index in [1.54, 1.807) is 4.68 Å². The van der Waals surface area contributed by atoms with Gasteiger partial charge in [-0.15, -0.1) is 0 Å². The predicted octanol–water partition coefficient (Wildman–Crippen LogP) is 2.19. The number of fused-ring (bicyclic) bond motifs is 1. The Hall–Kier alpha value is -3.06. The summed E-state index contributed by atoms with van der Waals surface area (Å²) in [5, 5.41) is 7.36. The summed E-state index contributed by atoms with van der Waals surface area (Å²) in [5.41, 5.74) is 3.84. The maximum atomic E-state index is 13.2. The zero-order valence-corrected chi connectivity index (χ0v) is 21.5. The minimum absolute atomic E-state index is 0.0911. The number of amides is 1. The van der Waals surface area contributed by atoms with E-state index in [0.717, 1.165) is 16.8 Å². The number of carbonyl (C=O) groups excluding carboxylic acids is 1. The van der Waals surface area contributed by atoms with Gasteiger partial charge < -0.3 is 10.1 Å². The van der Waals surface area contributed by atoms with Crippen molar-refractivity contribution in [1.29, 1.82) is 0 Å². The molecule has 3 aromatic rings. The highest BCUT2D eigenvalue weighted by Crippen LogP contribution is 2.34. The lowest BCUT2D eigenvalue weighted by Crippen LogP contribution is -2.40. The molecule has 5 rings (SSSR count). The summed E-state index contributed by atoms with van der Waals surface area (Å²) in [4.78, 5) is 13.3. The molecule has 10 nitrogen and oxygen atoms in total. The number of hydrogen-bond donors (Lipinski definition) is 1. The summed E-state index contributed by atoms with van der Waals surface area (Å²) in [6.07, 6.45) is 0. The summed E-state index contributed by atoms with van der Waals surface area (Å²) >= 11 is 0. The fourth-order valence-corrected chi connectivity index (χ4v) is 7.31. The molecule has 0 bridgehead atoms. The maximum absolute atomic E-state index is 13.2. The van der Waals surface area contributed by atoms with Gasteiger partial charge in [0.05, 0.1) is 41.0 Å². The average Bonchev–Trinajstić information content (AvgIpc) is 3.33. The van der Waals surface area contributed by atoms with E-state index < -0.39 is 25.8 Å². The average molecular weight is 531 g/mol. The molecule has 2 aliphatic rings. The van der Waals surface area contributed by atoms with Gasteiger partial charge in [-0.25, -0.2) is 21.5 Å². The van der Waals surface area contributed by atoms with Crippen molar-refractivity contribution in [2.75, 3.05) is 31.6 Å². The van der Waals surface area contributed by atoms with Crippen LogP contribution in [0, 0.1) is 13.8 Å². The van der Waals surface area contributed by atoms with Gasteiger partial charge in [-0.1, -0.05) is 12.1 Å². The second-order valence-corrected chi connectivity index (χ2v) is 12.9. The van der Waals surface area contributed by atoms with E-state index in [4.69, 9.17) is 4.74 Å². The van der Waals surface area contributed by atoms with E-state index in [9.17, 15) is 21.6 Å². The molecule has 0 aliphatic carbocycles. The van der Waals surface area contributed by atoms with Gasteiger partial charge in [-0.3, -0.25) is 4.79 Å². The van der Waals surface area contributed by atoms with E-state index in [1.807, 2.05) is 32.0 Å². The molecule has 1 fully saturated rings. The molecular formula is C24H26N4O6S2. The van der Waals surface area contributed by atoms with Crippen LogP contribution >= 0.6 is 0 Å². The Labute approximate surface area is 209 Å². The second-order valence-electron chi connectivity index (χ2n) is 8.93. The monoisotopic (exact) mass is 530 g/mol. The molecular weight excluding hydrogens is 504 g/mol. The SMILES string of the molecule is Cc1cccc(-n2nc3c(c2NC(=O)c2ccc(S(=O)(=O)N4CCOCC4)cc2)CS(=O)(=O)C3)c1C. The number of aryl methyl sites for hydroxylation is 1. The van der Waals surface area contributed by atoms with Crippen LogP contribution in [0.25, 0.3) is 5.69 Å². The molecule has 2 aromatic carbocycles. The lowest BCUT2D eigenvalue weighted by molar-refractivity contribution is 0.0730. The van der Waals surface area contributed by atoms with Crippen molar-refractivity contribution in [3.05, 3.63) is 70.4 Å². The van der Waals surface area contributed by atoms with E-state index in [2.05, 4.69) is 10.4 Å². The van der Waals surface area contributed by atoms with Crippen molar-refractivity contribution < 1.29 is 26.4 Å². The number of benzene rings is 2. The summed E-state index contributed by atoms with van der Waals surface area (Å²) in [6.45, 7) is 5.14. The van der Waals surface area contributed by atoms with Gasteiger partial charge in [0, 0.05) is 24.2 Å². The molecule has 36 heavy (non-hydrogen) atoms. The van der Waals surface area contributed by atoms with Gasteiger partial charge in [0.2, 0.25) is 10.0 Å².